The molecule has 0 N–H and O–H groups in total. The number of para-hydroxylation sites is 1. The van der Waals surface area contributed by atoms with Crippen molar-refractivity contribution in [2.75, 3.05) is 43.4 Å². The van der Waals surface area contributed by atoms with Crippen LogP contribution < -0.4 is 4.90 Å². The summed E-state index contributed by atoms with van der Waals surface area (Å²) in [5, 5.41) is 0. The number of nitrogens with zero attached hydrogens (tertiary/aromatic N) is 2. The molecule has 1 aromatic carbocycles. The number of anilines is 1. The molecule has 0 aliphatic carbocycles. The summed E-state index contributed by atoms with van der Waals surface area (Å²) in [4.78, 5) is 5.11. The molecule has 0 radical (unpaired) electrons. The van der Waals surface area contributed by atoms with Crippen molar-refractivity contribution in [3.05, 3.63) is 30.3 Å². The first-order valence-corrected chi connectivity index (χ1v) is 8.16. The SMILES string of the molecule is SCCCCCCN1CCN(c2ccccc2)CC1. The Morgan fingerprint density at radius 2 is 1.53 bits per heavy atom. The van der Waals surface area contributed by atoms with Gasteiger partial charge >= 0.3 is 0 Å². The Morgan fingerprint density at radius 1 is 0.842 bits per heavy atom. The van der Waals surface area contributed by atoms with Crippen molar-refractivity contribution in [3.63, 3.8) is 0 Å². The molecule has 0 spiro atoms. The molecule has 1 saturated heterocycles. The lowest BCUT2D eigenvalue weighted by atomic mass is 10.2. The van der Waals surface area contributed by atoms with Gasteiger partial charge in [0.25, 0.3) is 0 Å². The van der Waals surface area contributed by atoms with Crippen molar-refractivity contribution in [3.8, 4) is 0 Å². The molecule has 106 valence electrons. The van der Waals surface area contributed by atoms with E-state index >= 15 is 0 Å². The quantitative estimate of drug-likeness (QED) is 0.604. The van der Waals surface area contributed by atoms with Crippen molar-refractivity contribution in [2.45, 2.75) is 25.7 Å². The van der Waals surface area contributed by atoms with Gasteiger partial charge < -0.3 is 4.90 Å². The van der Waals surface area contributed by atoms with Crippen LogP contribution in [0.25, 0.3) is 0 Å². The molecule has 1 aliphatic heterocycles. The van der Waals surface area contributed by atoms with Crippen molar-refractivity contribution in [2.24, 2.45) is 0 Å². The molecule has 0 unspecified atom stereocenters. The van der Waals surface area contributed by atoms with Crippen LogP contribution in [0.15, 0.2) is 30.3 Å². The number of hydrogen-bond acceptors (Lipinski definition) is 3. The zero-order chi connectivity index (χ0) is 13.3. The van der Waals surface area contributed by atoms with Crippen LogP contribution in [-0.4, -0.2) is 43.4 Å². The van der Waals surface area contributed by atoms with Gasteiger partial charge in [-0.2, -0.15) is 12.6 Å². The van der Waals surface area contributed by atoms with Crippen molar-refractivity contribution in [1.82, 2.24) is 4.90 Å². The third-order valence-electron chi connectivity index (χ3n) is 3.88. The summed E-state index contributed by atoms with van der Waals surface area (Å²) in [6.07, 6.45) is 5.32. The van der Waals surface area contributed by atoms with Gasteiger partial charge in [0.15, 0.2) is 0 Å². The normalized spacial score (nSPS) is 16.8. The second-order valence-electron chi connectivity index (χ2n) is 5.30. The summed E-state index contributed by atoms with van der Waals surface area (Å²) in [6, 6.07) is 10.8. The minimum Gasteiger partial charge on any atom is -0.369 e. The minimum absolute atomic E-state index is 1.04. The van der Waals surface area contributed by atoms with Crippen LogP contribution in [0.1, 0.15) is 25.7 Å². The molecule has 0 atom stereocenters. The highest BCUT2D eigenvalue weighted by atomic mass is 32.1. The molecule has 1 heterocycles. The number of piperazine rings is 1. The Balaban J connectivity index is 1.63. The van der Waals surface area contributed by atoms with Gasteiger partial charge in [-0.25, -0.2) is 0 Å². The lowest BCUT2D eigenvalue weighted by Gasteiger charge is -2.36. The molecule has 0 saturated carbocycles. The van der Waals surface area contributed by atoms with E-state index in [1.54, 1.807) is 0 Å². The van der Waals surface area contributed by atoms with E-state index in [0.717, 1.165) is 5.75 Å². The molecule has 0 aromatic heterocycles. The van der Waals surface area contributed by atoms with Gasteiger partial charge in [0, 0.05) is 31.9 Å². The molecule has 0 amide bonds. The number of hydrogen-bond donors (Lipinski definition) is 1. The van der Waals surface area contributed by atoms with Gasteiger partial charge in [0.1, 0.15) is 0 Å². The van der Waals surface area contributed by atoms with Crippen LogP contribution in [0.2, 0.25) is 0 Å². The van der Waals surface area contributed by atoms with E-state index in [1.165, 1.54) is 64.1 Å². The van der Waals surface area contributed by atoms with E-state index in [0.29, 0.717) is 0 Å². The Bertz CT molecular complexity index is 334. The van der Waals surface area contributed by atoms with E-state index in [2.05, 4.69) is 52.8 Å². The maximum atomic E-state index is 4.25. The second kappa shape index (κ2) is 8.49. The lowest BCUT2D eigenvalue weighted by Crippen LogP contribution is -2.46. The molecule has 0 bridgehead atoms. The Hall–Kier alpha value is -0.670. The fourth-order valence-electron chi connectivity index (χ4n) is 2.67. The van der Waals surface area contributed by atoms with Gasteiger partial charge in [-0.15, -0.1) is 0 Å². The summed E-state index contributed by atoms with van der Waals surface area (Å²) in [5.74, 6) is 1.04. The van der Waals surface area contributed by atoms with Crippen LogP contribution in [0, 0.1) is 0 Å². The summed E-state index contributed by atoms with van der Waals surface area (Å²) < 4.78 is 0. The molecular weight excluding hydrogens is 252 g/mol. The first-order valence-electron chi connectivity index (χ1n) is 7.53. The van der Waals surface area contributed by atoms with Gasteiger partial charge in [-0.3, -0.25) is 4.90 Å². The summed E-state index contributed by atoms with van der Waals surface area (Å²) in [7, 11) is 0. The fraction of sp³-hybridized carbons (Fsp3) is 0.625. The highest BCUT2D eigenvalue weighted by Gasteiger charge is 2.16. The molecule has 3 heteroatoms. The lowest BCUT2D eigenvalue weighted by molar-refractivity contribution is 0.252. The first kappa shape index (κ1) is 14.7. The van der Waals surface area contributed by atoms with Crippen LogP contribution in [0.3, 0.4) is 0 Å². The maximum absolute atomic E-state index is 4.25. The average Bonchev–Trinajstić information content (AvgIpc) is 2.49. The van der Waals surface area contributed by atoms with E-state index < -0.39 is 0 Å². The molecular formula is C16H26N2S. The standard InChI is InChI=1S/C16H26N2S/c19-15-7-2-1-6-10-17-11-13-18(14-12-17)16-8-4-3-5-9-16/h3-5,8-9,19H,1-2,6-7,10-15H2. The zero-order valence-electron chi connectivity index (χ0n) is 11.8. The number of unbranched alkanes of at least 4 members (excludes halogenated alkanes) is 3. The van der Waals surface area contributed by atoms with Crippen molar-refractivity contribution in [1.29, 1.82) is 0 Å². The molecule has 19 heavy (non-hydrogen) atoms. The highest BCUT2D eigenvalue weighted by Crippen LogP contribution is 2.15. The van der Waals surface area contributed by atoms with Crippen LogP contribution >= 0.6 is 12.6 Å². The molecule has 1 aliphatic rings. The Labute approximate surface area is 123 Å². The largest absolute Gasteiger partial charge is 0.369 e. The average molecular weight is 278 g/mol. The molecule has 2 rings (SSSR count). The van der Waals surface area contributed by atoms with Gasteiger partial charge in [-0.05, 0) is 37.3 Å². The highest BCUT2D eigenvalue weighted by molar-refractivity contribution is 7.80. The van der Waals surface area contributed by atoms with Gasteiger partial charge in [0.05, 0.1) is 0 Å². The molecule has 1 aromatic rings. The predicted molar refractivity (Wildman–Crippen MR) is 87.4 cm³/mol. The molecule has 2 nitrogen and oxygen atoms in total. The van der Waals surface area contributed by atoms with Crippen molar-refractivity contribution < 1.29 is 0 Å². The Morgan fingerprint density at radius 3 is 2.21 bits per heavy atom. The van der Waals surface area contributed by atoms with E-state index in [9.17, 15) is 0 Å². The predicted octanol–water partition coefficient (Wildman–Crippen LogP) is 3.30. The summed E-state index contributed by atoms with van der Waals surface area (Å²) in [6.45, 7) is 6.03. The third kappa shape index (κ3) is 5.07. The van der Waals surface area contributed by atoms with E-state index in [4.69, 9.17) is 0 Å². The van der Waals surface area contributed by atoms with Crippen molar-refractivity contribution >= 4 is 18.3 Å². The van der Waals surface area contributed by atoms with Crippen LogP contribution in [0.5, 0.6) is 0 Å². The maximum Gasteiger partial charge on any atom is 0.0367 e. The van der Waals surface area contributed by atoms with E-state index in [-0.39, 0.29) is 0 Å². The summed E-state index contributed by atoms with van der Waals surface area (Å²) >= 11 is 4.25. The summed E-state index contributed by atoms with van der Waals surface area (Å²) in [5.41, 5.74) is 1.37. The number of rotatable bonds is 7. The van der Waals surface area contributed by atoms with Crippen LogP contribution in [-0.2, 0) is 0 Å². The van der Waals surface area contributed by atoms with Crippen LogP contribution in [0.4, 0.5) is 5.69 Å². The Kier molecular flexibility index (Phi) is 6.58. The number of thiol groups is 1. The smallest absolute Gasteiger partial charge is 0.0367 e. The van der Waals surface area contributed by atoms with Gasteiger partial charge in [0.2, 0.25) is 0 Å². The fourth-order valence-corrected chi connectivity index (χ4v) is 2.89. The van der Waals surface area contributed by atoms with Gasteiger partial charge in [-0.1, -0.05) is 31.0 Å². The third-order valence-corrected chi connectivity index (χ3v) is 4.19. The zero-order valence-corrected chi connectivity index (χ0v) is 12.7. The first-order chi connectivity index (χ1) is 9.40. The number of benzene rings is 1. The minimum atomic E-state index is 1.04. The monoisotopic (exact) mass is 278 g/mol. The topological polar surface area (TPSA) is 6.48 Å². The second-order valence-corrected chi connectivity index (χ2v) is 5.75. The van der Waals surface area contributed by atoms with E-state index in [1.807, 2.05) is 0 Å². The molecule has 1 fully saturated rings.